The Hall–Kier alpha value is -2.96. The molecule has 0 spiro atoms. The molecule has 3 aromatic rings. The SMILES string of the molecule is [2H]C([2H])([2H])c1nc(-c2ccc3c(c2)CC[C@H]3NC(=O)c2ocnc2C)no1. The van der Waals surface area contributed by atoms with Crippen molar-refractivity contribution < 1.29 is 17.8 Å². The molecule has 0 aliphatic heterocycles. The van der Waals surface area contributed by atoms with Gasteiger partial charge in [-0.3, -0.25) is 4.79 Å². The second-order valence-corrected chi connectivity index (χ2v) is 5.67. The maximum Gasteiger partial charge on any atom is 0.289 e. The first-order valence-corrected chi connectivity index (χ1v) is 7.51. The molecule has 7 heteroatoms. The van der Waals surface area contributed by atoms with E-state index in [-0.39, 0.29) is 29.4 Å². The van der Waals surface area contributed by atoms with Crippen molar-refractivity contribution in [2.75, 3.05) is 0 Å². The molecule has 4 rings (SSSR count). The molecular formula is C17H16N4O3. The standard InChI is InChI=1S/C17H16N4O3/c1-9-15(23-8-18-9)17(22)20-14-6-4-11-7-12(3-5-13(11)14)16-19-10(2)24-21-16/h3,5,7-8,14H,4,6H2,1-2H3,(H,20,22)/t14-/m1/s1/i2D3. The summed E-state index contributed by atoms with van der Waals surface area (Å²) in [5, 5.41) is 6.72. The third kappa shape index (κ3) is 2.47. The zero-order valence-electron chi connectivity index (χ0n) is 15.9. The number of aromatic nitrogens is 3. The summed E-state index contributed by atoms with van der Waals surface area (Å²) in [4.78, 5) is 20.2. The fourth-order valence-electron chi connectivity index (χ4n) is 2.99. The van der Waals surface area contributed by atoms with Gasteiger partial charge in [0.25, 0.3) is 5.91 Å². The Labute approximate surface area is 142 Å². The Kier molecular flexibility index (Phi) is 2.69. The normalized spacial score (nSPS) is 18.5. The van der Waals surface area contributed by atoms with Crippen LogP contribution in [0.15, 0.2) is 33.5 Å². The molecular weight excluding hydrogens is 308 g/mol. The van der Waals surface area contributed by atoms with Crippen molar-refractivity contribution >= 4 is 5.91 Å². The Morgan fingerprint density at radius 3 is 3.12 bits per heavy atom. The number of hydrogen-bond acceptors (Lipinski definition) is 6. The summed E-state index contributed by atoms with van der Waals surface area (Å²) >= 11 is 0. The molecule has 1 N–H and O–H groups in total. The number of oxazole rings is 1. The molecule has 1 aliphatic rings. The van der Waals surface area contributed by atoms with Crippen LogP contribution >= 0.6 is 0 Å². The van der Waals surface area contributed by atoms with E-state index in [9.17, 15) is 4.79 Å². The first kappa shape index (κ1) is 11.6. The van der Waals surface area contributed by atoms with Crippen LogP contribution in [-0.2, 0) is 6.42 Å². The molecule has 1 amide bonds. The van der Waals surface area contributed by atoms with Gasteiger partial charge in [0, 0.05) is 16.5 Å². The van der Waals surface area contributed by atoms with Gasteiger partial charge >= 0.3 is 0 Å². The van der Waals surface area contributed by atoms with Gasteiger partial charge in [-0.15, -0.1) is 0 Å². The summed E-state index contributed by atoms with van der Waals surface area (Å²) in [6, 6.07) is 5.45. The van der Waals surface area contributed by atoms with E-state index < -0.39 is 6.85 Å². The minimum absolute atomic E-state index is 0.130. The van der Waals surface area contributed by atoms with E-state index in [1.54, 1.807) is 13.0 Å². The lowest BCUT2D eigenvalue weighted by Gasteiger charge is -2.13. The van der Waals surface area contributed by atoms with E-state index in [2.05, 4.69) is 20.4 Å². The highest BCUT2D eigenvalue weighted by Crippen LogP contribution is 2.34. The Morgan fingerprint density at radius 1 is 1.46 bits per heavy atom. The fraction of sp³-hybridized carbons (Fsp3) is 0.294. The summed E-state index contributed by atoms with van der Waals surface area (Å²) < 4.78 is 31.9. The number of nitrogens with one attached hydrogen (secondary N) is 1. The zero-order valence-corrected chi connectivity index (χ0v) is 12.9. The molecule has 0 bridgehead atoms. The van der Waals surface area contributed by atoms with Crippen molar-refractivity contribution in [1.82, 2.24) is 20.4 Å². The maximum atomic E-state index is 12.3. The van der Waals surface area contributed by atoms with E-state index in [1.807, 2.05) is 12.1 Å². The number of amides is 1. The summed E-state index contributed by atoms with van der Waals surface area (Å²) in [6.45, 7) is -0.720. The van der Waals surface area contributed by atoms with Gasteiger partial charge in [-0.2, -0.15) is 4.98 Å². The van der Waals surface area contributed by atoms with Crippen LogP contribution in [0, 0.1) is 13.8 Å². The summed E-state index contributed by atoms with van der Waals surface area (Å²) in [7, 11) is 0. The van der Waals surface area contributed by atoms with Gasteiger partial charge in [-0.05, 0) is 37.0 Å². The van der Waals surface area contributed by atoms with Crippen LogP contribution in [-0.4, -0.2) is 21.0 Å². The first-order chi connectivity index (χ1) is 12.8. The monoisotopic (exact) mass is 327 g/mol. The van der Waals surface area contributed by atoms with Crippen molar-refractivity contribution in [3.63, 3.8) is 0 Å². The smallest absolute Gasteiger partial charge is 0.289 e. The molecule has 2 aromatic heterocycles. The number of nitrogens with zero attached hydrogens (tertiary/aromatic N) is 3. The van der Waals surface area contributed by atoms with E-state index in [1.165, 1.54) is 6.39 Å². The number of aryl methyl sites for hydroxylation is 3. The lowest BCUT2D eigenvalue weighted by atomic mass is 10.0. The average Bonchev–Trinajstić information content (AvgIpc) is 3.33. The Bertz CT molecular complexity index is 1010. The molecule has 24 heavy (non-hydrogen) atoms. The Morgan fingerprint density at radius 2 is 2.38 bits per heavy atom. The third-order valence-corrected chi connectivity index (χ3v) is 4.16. The lowest BCUT2D eigenvalue weighted by Crippen LogP contribution is -2.27. The minimum Gasteiger partial charge on any atom is -0.438 e. The van der Waals surface area contributed by atoms with Crippen molar-refractivity contribution in [3.8, 4) is 11.4 Å². The average molecular weight is 327 g/mol. The molecule has 0 saturated carbocycles. The van der Waals surface area contributed by atoms with Crippen LogP contribution in [0.25, 0.3) is 11.4 Å². The van der Waals surface area contributed by atoms with Crippen molar-refractivity contribution in [2.24, 2.45) is 0 Å². The highest BCUT2D eigenvalue weighted by Gasteiger charge is 2.26. The molecule has 7 nitrogen and oxygen atoms in total. The molecule has 0 fully saturated rings. The molecule has 0 saturated heterocycles. The number of benzene rings is 1. The molecule has 1 aromatic carbocycles. The fourth-order valence-corrected chi connectivity index (χ4v) is 2.99. The van der Waals surface area contributed by atoms with Crippen LogP contribution in [0.5, 0.6) is 0 Å². The number of fused-ring (bicyclic) bond motifs is 1. The molecule has 1 atom stereocenters. The number of carbonyl (C=O) groups is 1. The largest absolute Gasteiger partial charge is 0.438 e. The van der Waals surface area contributed by atoms with Crippen LogP contribution in [0.4, 0.5) is 0 Å². The van der Waals surface area contributed by atoms with Crippen molar-refractivity contribution in [3.05, 3.63) is 53.1 Å². The van der Waals surface area contributed by atoms with Crippen LogP contribution in [0.3, 0.4) is 0 Å². The number of hydrogen-bond donors (Lipinski definition) is 1. The van der Waals surface area contributed by atoms with Crippen molar-refractivity contribution in [2.45, 2.75) is 32.7 Å². The number of rotatable bonds is 3. The van der Waals surface area contributed by atoms with Gasteiger partial charge in [-0.1, -0.05) is 17.3 Å². The van der Waals surface area contributed by atoms with Crippen LogP contribution < -0.4 is 5.32 Å². The van der Waals surface area contributed by atoms with E-state index in [0.717, 1.165) is 24.0 Å². The lowest BCUT2D eigenvalue weighted by molar-refractivity contribution is 0.0908. The van der Waals surface area contributed by atoms with Crippen molar-refractivity contribution in [1.29, 1.82) is 0 Å². The minimum atomic E-state index is -2.43. The Balaban J connectivity index is 1.55. The van der Waals surface area contributed by atoms with Gasteiger partial charge in [0.1, 0.15) is 0 Å². The third-order valence-electron chi connectivity index (χ3n) is 4.16. The predicted molar refractivity (Wildman–Crippen MR) is 84.2 cm³/mol. The quantitative estimate of drug-likeness (QED) is 0.795. The van der Waals surface area contributed by atoms with E-state index in [0.29, 0.717) is 11.3 Å². The molecule has 1 aliphatic carbocycles. The second-order valence-electron chi connectivity index (χ2n) is 5.67. The summed E-state index contributed by atoms with van der Waals surface area (Å²) in [5.74, 6) is -0.240. The topological polar surface area (TPSA) is 94.1 Å². The molecule has 2 heterocycles. The van der Waals surface area contributed by atoms with E-state index >= 15 is 0 Å². The first-order valence-electron chi connectivity index (χ1n) is 9.01. The predicted octanol–water partition coefficient (Wildman–Crippen LogP) is 2.76. The highest BCUT2D eigenvalue weighted by atomic mass is 16.5. The van der Waals surface area contributed by atoms with Crippen LogP contribution in [0.2, 0.25) is 0 Å². The molecule has 122 valence electrons. The van der Waals surface area contributed by atoms with E-state index in [4.69, 9.17) is 13.1 Å². The van der Waals surface area contributed by atoms with Gasteiger partial charge < -0.3 is 14.3 Å². The highest BCUT2D eigenvalue weighted by molar-refractivity contribution is 5.92. The molecule has 0 unspecified atom stereocenters. The second kappa shape index (κ2) is 5.59. The zero-order chi connectivity index (χ0) is 19.2. The summed E-state index contributed by atoms with van der Waals surface area (Å²) in [6.07, 6.45) is 2.77. The van der Waals surface area contributed by atoms with Gasteiger partial charge in [0.2, 0.25) is 17.5 Å². The summed E-state index contributed by atoms with van der Waals surface area (Å²) in [5.41, 5.74) is 3.27. The van der Waals surface area contributed by atoms with Gasteiger partial charge in [0.05, 0.1) is 11.7 Å². The molecule has 0 radical (unpaired) electrons. The van der Waals surface area contributed by atoms with Crippen LogP contribution in [0.1, 0.15) is 49.8 Å². The maximum absolute atomic E-state index is 12.3. The van der Waals surface area contributed by atoms with Gasteiger partial charge in [-0.25, -0.2) is 4.98 Å². The number of carbonyl (C=O) groups excluding carboxylic acids is 1. The van der Waals surface area contributed by atoms with Gasteiger partial charge in [0.15, 0.2) is 6.39 Å².